The normalized spacial score (nSPS) is 10.6. The van der Waals surface area contributed by atoms with Crippen molar-refractivity contribution in [1.29, 1.82) is 0 Å². The van der Waals surface area contributed by atoms with E-state index in [0.717, 1.165) is 0 Å². The van der Waals surface area contributed by atoms with Crippen LogP contribution in [0.5, 0.6) is 11.6 Å². The molecule has 0 aliphatic heterocycles. The van der Waals surface area contributed by atoms with E-state index in [1.54, 1.807) is 24.3 Å². The number of nitrogens with zero attached hydrogens (tertiary/aromatic N) is 6. The van der Waals surface area contributed by atoms with Crippen molar-refractivity contribution in [2.45, 2.75) is 0 Å². The van der Waals surface area contributed by atoms with Crippen molar-refractivity contribution in [3.8, 4) is 11.6 Å². The second-order valence-electron chi connectivity index (χ2n) is 3.12. The Balaban J connectivity index is 1.91. The van der Waals surface area contributed by atoms with Crippen LogP contribution in [0, 0.1) is 0 Å². The molecule has 0 unspecified atom stereocenters. The van der Waals surface area contributed by atoms with Gasteiger partial charge in [0, 0.05) is 6.07 Å². The van der Waals surface area contributed by atoms with Crippen molar-refractivity contribution >= 4 is 17.2 Å². The molecular formula is C9H5ClN6O. The van der Waals surface area contributed by atoms with Crippen LogP contribution in [0.25, 0.3) is 5.65 Å². The van der Waals surface area contributed by atoms with Gasteiger partial charge in [0.2, 0.25) is 5.88 Å². The standard InChI is InChI=1S/C9H5ClN6O/c10-7-2-1-6(5-11-7)17-9-4-3-8-12-14-15-16(8)13-9/h1-5H. The fourth-order valence-corrected chi connectivity index (χ4v) is 1.34. The molecule has 0 saturated carbocycles. The van der Waals surface area contributed by atoms with E-state index in [9.17, 15) is 0 Å². The highest BCUT2D eigenvalue weighted by Crippen LogP contribution is 2.19. The molecule has 84 valence electrons. The minimum Gasteiger partial charge on any atom is -0.436 e. The summed E-state index contributed by atoms with van der Waals surface area (Å²) in [4.78, 5) is 3.89. The van der Waals surface area contributed by atoms with E-state index in [4.69, 9.17) is 16.3 Å². The lowest BCUT2D eigenvalue weighted by atomic mass is 10.4. The molecule has 7 nitrogen and oxygen atoms in total. The van der Waals surface area contributed by atoms with Crippen LogP contribution in [-0.4, -0.2) is 30.2 Å². The first-order valence-electron chi connectivity index (χ1n) is 4.66. The van der Waals surface area contributed by atoms with Gasteiger partial charge in [-0.15, -0.1) is 14.8 Å². The van der Waals surface area contributed by atoms with Gasteiger partial charge in [0.05, 0.1) is 6.20 Å². The number of tetrazole rings is 1. The van der Waals surface area contributed by atoms with Gasteiger partial charge < -0.3 is 4.74 Å². The Hall–Kier alpha value is -2.28. The van der Waals surface area contributed by atoms with Gasteiger partial charge in [-0.25, -0.2) is 4.98 Å². The van der Waals surface area contributed by atoms with Gasteiger partial charge in [0.1, 0.15) is 10.9 Å². The summed E-state index contributed by atoms with van der Waals surface area (Å²) in [6.45, 7) is 0. The first-order valence-corrected chi connectivity index (χ1v) is 5.04. The van der Waals surface area contributed by atoms with Crippen LogP contribution in [0.15, 0.2) is 30.5 Å². The second kappa shape index (κ2) is 3.95. The molecule has 0 bridgehead atoms. The summed E-state index contributed by atoms with van der Waals surface area (Å²) >= 11 is 5.67. The highest BCUT2D eigenvalue weighted by molar-refractivity contribution is 6.29. The van der Waals surface area contributed by atoms with Crippen LogP contribution in [0.4, 0.5) is 0 Å². The highest BCUT2D eigenvalue weighted by atomic mass is 35.5. The summed E-state index contributed by atoms with van der Waals surface area (Å²) in [5, 5.41) is 15.3. The number of halogens is 1. The summed E-state index contributed by atoms with van der Waals surface area (Å²) in [7, 11) is 0. The zero-order chi connectivity index (χ0) is 11.7. The fourth-order valence-electron chi connectivity index (χ4n) is 1.23. The summed E-state index contributed by atoms with van der Waals surface area (Å²) in [5.74, 6) is 0.906. The van der Waals surface area contributed by atoms with Crippen molar-refractivity contribution in [1.82, 2.24) is 30.2 Å². The molecule has 0 saturated heterocycles. The molecule has 8 heteroatoms. The summed E-state index contributed by atoms with van der Waals surface area (Å²) in [5.41, 5.74) is 0.548. The molecule has 0 atom stereocenters. The Kier molecular flexibility index (Phi) is 2.30. The molecule has 0 aliphatic rings. The van der Waals surface area contributed by atoms with E-state index < -0.39 is 0 Å². The molecule has 0 aromatic carbocycles. The number of aromatic nitrogens is 6. The molecule has 3 aromatic rings. The number of fused-ring (bicyclic) bond motifs is 1. The van der Waals surface area contributed by atoms with Crippen molar-refractivity contribution in [3.05, 3.63) is 35.6 Å². The van der Waals surface area contributed by atoms with Gasteiger partial charge in [-0.2, -0.15) is 0 Å². The van der Waals surface area contributed by atoms with Crippen LogP contribution < -0.4 is 4.74 Å². The molecule has 0 fully saturated rings. The molecular weight excluding hydrogens is 244 g/mol. The van der Waals surface area contributed by atoms with Crippen molar-refractivity contribution < 1.29 is 4.74 Å². The molecule has 0 amide bonds. The summed E-state index contributed by atoms with van der Waals surface area (Å²) in [6, 6.07) is 6.69. The molecule has 3 heterocycles. The maximum atomic E-state index is 5.67. The average molecular weight is 249 g/mol. The quantitative estimate of drug-likeness (QED) is 0.637. The zero-order valence-electron chi connectivity index (χ0n) is 8.36. The van der Waals surface area contributed by atoms with Gasteiger partial charge >= 0.3 is 0 Å². The smallest absolute Gasteiger partial charge is 0.239 e. The zero-order valence-corrected chi connectivity index (χ0v) is 9.11. The topological polar surface area (TPSA) is 78.1 Å². The van der Waals surface area contributed by atoms with Gasteiger partial charge in [0.25, 0.3) is 0 Å². The lowest BCUT2D eigenvalue weighted by Gasteiger charge is -2.03. The third kappa shape index (κ3) is 2.00. The third-order valence-electron chi connectivity index (χ3n) is 1.97. The van der Waals surface area contributed by atoms with E-state index in [1.807, 2.05) is 0 Å². The predicted molar refractivity (Wildman–Crippen MR) is 57.9 cm³/mol. The number of hydrogen-bond acceptors (Lipinski definition) is 6. The SMILES string of the molecule is Clc1ccc(Oc2ccc3nnnn3n2)cn1. The van der Waals surface area contributed by atoms with Gasteiger partial charge in [-0.3, -0.25) is 0 Å². The van der Waals surface area contributed by atoms with E-state index in [0.29, 0.717) is 22.4 Å². The Morgan fingerprint density at radius 3 is 2.94 bits per heavy atom. The molecule has 17 heavy (non-hydrogen) atoms. The Bertz CT molecular complexity index is 652. The molecule has 0 aliphatic carbocycles. The Labute approximate surface area is 100.0 Å². The average Bonchev–Trinajstić information content (AvgIpc) is 2.79. The highest BCUT2D eigenvalue weighted by Gasteiger charge is 2.03. The largest absolute Gasteiger partial charge is 0.436 e. The van der Waals surface area contributed by atoms with Gasteiger partial charge in [0.15, 0.2) is 5.65 Å². The predicted octanol–water partition coefficient (Wildman–Crippen LogP) is 1.36. The molecule has 3 aromatic heterocycles. The van der Waals surface area contributed by atoms with Crippen LogP contribution in [0.2, 0.25) is 5.15 Å². The van der Waals surface area contributed by atoms with E-state index in [1.165, 1.54) is 10.8 Å². The first kappa shape index (κ1) is 9.91. The number of ether oxygens (including phenoxy) is 1. The first-order chi connectivity index (χ1) is 8.31. The lowest BCUT2D eigenvalue weighted by Crippen LogP contribution is -1.97. The number of hydrogen-bond donors (Lipinski definition) is 0. The molecule has 0 N–H and O–H groups in total. The monoisotopic (exact) mass is 248 g/mol. The van der Waals surface area contributed by atoms with E-state index >= 15 is 0 Å². The van der Waals surface area contributed by atoms with Gasteiger partial charge in [-0.1, -0.05) is 11.6 Å². The molecule has 0 spiro atoms. The van der Waals surface area contributed by atoms with Crippen molar-refractivity contribution in [2.75, 3.05) is 0 Å². The van der Waals surface area contributed by atoms with Crippen molar-refractivity contribution in [2.24, 2.45) is 0 Å². The Morgan fingerprint density at radius 1 is 1.18 bits per heavy atom. The lowest BCUT2D eigenvalue weighted by molar-refractivity contribution is 0.445. The fraction of sp³-hybridized carbons (Fsp3) is 0. The van der Waals surface area contributed by atoms with Crippen molar-refractivity contribution in [3.63, 3.8) is 0 Å². The van der Waals surface area contributed by atoms with E-state index in [2.05, 4.69) is 25.6 Å². The molecule has 3 rings (SSSR count). The van der Waals surface area contributed by atoms with Crippen LogP contribution in [0.1, 0.15) is 0 Å². The second-order valence-corrected chi connectivity index (χ2v) is 3.50. The van der Waals surface area contributed by atoms with Crippen LogP contribution >= 0.6 is 11.6 Å². The maximum absolute atomic E-state index is 5.67. The Morgan fingerprint density at radius 2 is 2.12 bits per heavy atom. The minimum atomic E-state index is 0.369. The maximum Gasteiger partial charge on any atom is 0.239 e. The number of pyridine rings is 1. The number of rotatable bonds is 2. The summed E-state index contributed by atoms with van der Waals surface area (Å²) in [6.07, 6.45) is 1.51. The van der Waals surface area contributed by atoms with Crippen LogP contribution in [-0.2, 0) is 0 Å². The molecule has 0 radical (unpaired) electrons. The van der Waals surface area contributed by atoms with Gasteiger partial charge in [-0.05, 0) is 28.6 Å². The van der Waals surface area contributed by atoms with E-state index in [-0.39, 0.29) is 0 Å². The third-order valence-corrected chi connectivity index (χ3v) is 2.19. The summed E-state index contributed by atoms with van der Waals surface area (Å²) < 4.78 is 6.74. The van der Waals surface area contributed by atoms with Crippen LogP contribution in [0.3, 0.4) is 0 Å². The minimum absolute atomic E-state index is 0.369.